The van der Waals surface area contributed by atoms with E-state index in [1.54, 1.807) is 0 Å². The molecule has 0 aromatic rings. The van der Waals surface area contributed by atoms with Crippen LogP contribution in [0.2, 0.25) is 0 Å². The van der Waals surface area contributed by atoms with Crippen molar-refractivity contribution >= 4 is 0 Å². The van der Waals surface area contributed by atoms with Gasteiger partial charge < -0.3 is 0 Å². The molecule has 0 unspecified atom stereocenters. The lowest BCUT2D eigenvalue weighted by atomic mass is 10.2. The molecule has 0 aliphatic rings. The third-order valence-electron chi connectivity index (χ3n) is 2.41. The summed E-state index contributed by atoms with van der Waals surface area (Å²) in [5, 5.41) is 0. The van der Waals surface area contributed by atoms with Crippen LogP contribution in [-0.4, -0.2) is 0 Å². The predicted molar refractivity (Wildman–Crippen MR) is 89.2 cm³/mol. The lowest BCUT2D eigenvalue weighted by molar-refractivity contribution is 1.48. The van der Waals surface area contributed by atoms with E-state index in [4.69, 9.17) is 0 Å². The molecule has 0 fully saturated rings. The van der Waals surface area contributed by atoms with Crippen molar-refractivity contribution in [2.45, 2.75) is 34.6 Å². The maximum atomic E-state index is 2.11. The largest absolute Gasteiger partial charge is 0.0874 e. The average molecular weight is 254 g/mol. The summed E-state index contributed by atoms with van der Waals surface area (Å²) in [7, 11) is 0. The molecule has 19 heavy (non-hydrogen) atoms. The Morgan fingerprint density at radius 1 is 0.526 bits per heavy atom. The van der Waals surface area contributed by atoms with Crippen molar-refractivity contribution in [3.05, 3.63) is 83.6 Å². The maximum absolute atomic E-state index is 2.11. The highest BCUT2D eigenvalue weighted by atomic mass is 13.9. The minimum Gasteiger partial charge on any atom is -0.0874 e. The molecular weight excluding hydrogens is 228 g/mol. The van der Waals surface area contributed by atoms with Crippen molar-refractivity contribution in [2.75, 3.05) is 0 Å². The third-order valence-corrected chi connectivity index (χ3v) is 2.41. The number of hydrogen-bond acceptors (Lipinski definition) is 0. The van der Waals surface area contributed by atoms with Crippen molar-refractivity contribution in [1.29, 1.82) is 0 Å². The van der Waals surface area contributed by atoms with Gasteiger partial charge in [-0.15, -0.1) is 0 Å². The Labute approximate surface area is 118 Å². The lowest BCUT2D eigenvalue weighted by Crippen LogP contribution is -1.68. The fraction of sp³-hybridized carbons (Fsp3) is 0.263. The Bertz CT molecular complexity index is 446. The molecule has 0 saturated heterocycles. The van der Waals surface area contributed by atoms with Crippen molar-refractivity contribution in [3.63, 3.8) is 0 Å². The molecular formula is C19H26. The summed E-state index contributed by atoms with van der Waals surface area (Å²) < 4.78 is 0. The van der Waals surface area contributed by atoms with Crippen LogP contribution in [0, 0.1) is 0 Å². The van der Waals surface area contributed by atoms with Crippen molar-refractivity contribution in [1.82, 2.24) is 0 Å². The zero-order chi connectivity index (χ0) is 14.5. The van der Waals surface area contributed by atoms with E-state index in [2.05, 4.69) is 75.5 Å². The standard InChI is InChI=1S/C19H26/c1-6-11-17(3)13-8-9-14-19(5)16-10-15-18(4)12-7-2/h6-16H,1-5H3/b9-8+,11-6+,12-7+,16-10+,17-13+,18-15+,19-14+. The van der Waals surface area contributed by atoms with Crippen LogP contribution in [0.25, 0.3) is 0 Å². The predicted octanol–water partition coefficient (Wildman–Crippen LogP) is 6.09. The minimum atomic E-state index is 1.23. The van der Waals surface area contributed by atoms with Crippen molar-refractivity contribution in [3.8, 4) is 0 Å². The summed E-state index contributed by atoms with van der Waals surface area (Å²) in [4.78, 5) is 0. The fourth-order valence-electron chi connectivity index (χ4n) is 1.46. The Hall–Kier alpha value is -1.82. The molecule has 0 aromatic heterocycles. The normalized spacial score (nSPS) is 15.7. The van der Waals surface area contributed by atoms with Gasteiger partial charge in [0.1, 0.15) is 0 Å². The molecule has 0 aliphatic heterocycles. The highest BCUT2D eigenvalue weighted by Crippen LogP contribution is 2.00. The van der Waals surface area contributed by atoms with E-state index < -0.39 is 0 Å². The Morgan fingerprint density at radius 3 is 1.32 bits per heavy atom. The molecule has 0 N–H and O–H groups in total. The highest BCUT2D eigenvalue weighted by Gasteiger charge is 1.79. The van der Waals surface area contributed by atoms with Crippen molar-refractivity contribution < 1.29 is 0 Å². The van der Waals surface area contributed by atoms with Crippen LogP contribution in [-0.2, 0) is 0 Å². The Balaban J connectivity index is 4.43. The van der Waals surface area contributed by atoms with E-state index in [0.717, 1.165) is 0 Å². The van der Waals surface area contributed by atoms with Crippen LogP contribution < -0.4 is 0 Å². The van der Waals surface area contributed by atoms with Gasteiger partial charge in [0, 0.05) is 0 Å². The molecule has 0 radical (unpaired) electrons. The van der Waals surface area contributed by atoms with Gasteiger partial charge in [-0.2, -0.15) is 0 Å². The van der Waals surface area contributed by atoms with Gasteiger partial charge in [-0.1, -0.05) is 83.6 Å². The summed E-state index contributed by atoms with van der Waals surface area (Å²) in [5.41, 5.74) is 3.75. The van der Waals surface area contributed by atoms with Crippen LogP contribution in [0.15, 0.2) is 83.6 Å². The van der Waals surface area contributed by atoms with Gasteiger partial charge in [0.05, 0.1) is 0 Å². The van der Waals surface area contributed by atoms with Crippen LogP contribution in [0.4, 0.5) is 0 Å². The molecule has 0 rings (SSSR count). The molecule has 0 aromatic carbocycles. The van der Waals surface area contributed by atoms with Gasteiger partial charge in [0.15, 0.2) is 0 Å². The molecule has 0 atom stereocenters. The number of allylic oxidation sites excluding steroid dienone is 14. The smallest absolute Gasteiger partial charge is 0.0398 e. The molecule has 0 saturated carbocycles. The first-order valence-electron chi connectivity index (χ1n) is 6.72. The first kappa shape index (κ1) is 17.2. The van der Waals surface area contributed by atoms with Gasteiger partial charge >= 0.3 is 0 Å². The zero-order valence-electron chi connectivity index (χ0n) is 12.9. The van der Waals surface area contributed by atoms with Crippen LogP contribution in [0.1, 0.15) is 34.6 Å². The molecule has 0 spiro atoms. The summed E-state index contributed by atoms with van der Waals surface area (Å²) in [6.07, 6.45) is 22.9. The zero-order valence-corrected chi connectivity index (χ0v) is 12.9. The van der Waals surface area contributed by atoms with Gasteiger partial charge in [0.25, 0.3) is 0 Å². The van der Waals surface area contributed by atoms with E-state index in [0.29, 0.717) is 0 Å². The lowest BCUT2D eigenvalue weighted by Gasteiger charge is -1.89. The van der Waals surface area contributed by atoms with Gasteiger partial charge in [-0.25, -0.2) is 0 Å². The van der Waals surface area contributed by atoms with E-state index in [9.17, 15) is 0 Å². The van der Waals surface area contributed by atoms with E-state index in [-0.39, 0.29) is 0 Å². The fourth-order valence-corrected chi connectivity index (χ4v) is 1.46. The summed E-state index contributed by atoms with van der Waals surface area (Å²) >= 11 is 0. The molecule has 0 heteroatoms. The Morgan fingerprint density at radius 2 is 0.895 bits per heavy atom. The van der Waals surface area contributed by atoms with Crippen LogP contribution in [0.5, 0.6) is 0 Å². The van der Waals surface area contributed by atoms with Gasteiger partial charge in [-0.3, -0.25) is 0 Å². The SMILES string of the molecule is C/C=C/C(C)=C/C=C/C=C(C)/C=C/C=C(C)/C=C/C. The molecule has 0 aliphatic carbocycles. The first-order chi connectivity index (χ1) is 9.10. The minimum absolute atomic E-state index is 1.23. The van der Waals surface area contributed by atoms with E-state index in [1.807, 2.05) is 26.0 Å². The number of rotatable bonds is 6. The summed E-state index contributed by atoms with van der Waals surface area (Å²) in [6.45, 7) is 10.3. The third kappa shape index (κ3) is 11.0. The second-order valence-electron chi connectivity index (χ2n) is 4.48. The van der Waals surface area contributed by atoms with E-state index >= 15 is 0 Å². The molecule has 0 bridgehead atoms. The van der Waals surface area contributed by atoms with E-state index in [1.165, 1.54) is 16.7 Å². The monoisotopic (exact) mass is 254 g/mol. The van der Waals surface area contributed by atoms with Crippen molar-refractivity contribution in [2.24, 2.45) is 0 Å². The molecule has 0 nitrogen and oxygen atoms in total. The number of hydrogen-bond donors (Lipinski definition) is 0. The van der Waals surface area contributed by atoms with Crippen LogP contribution in [0.3, 0.4) is 0 Å². The maximum Gasteiger partial charge on any atom is -0.0398 e. The molecule has 0 heterocycles. The molecule has 102 valence electrons. The summed E-state index contributed by atoms with van der Waals surface area (Å²) in [5.74, 6) is 0. The average Bonchev–Trinajstić information content (AvgIpc) is 2.35. The van der Waals surface area contributed by atoms with Gasteiger partial charge in [0.2, 0.25) is 0 Å². The van der Waals surface area contributed by atoms with Gasteiger partial charge in [-0.05, 0) is 34.6 Å². The topological polar surface area (TPSA) is 0 Å². The molecule has 0 amide bonds. The Kier molecular flexibility index (Phi) is 10.2. The highest BCUT2D eigenvalue weighted by molar-refractivity contribution is 5.29. The first-order valence-corrected chi connectivity index (χ1v) is 6.72. The quantitative estimate of drug-likeness (QED) is 0.503. The van der Waals surface area contributed by atoms with Crippen LogP contribution >= 0.6 is 0 Å². The second-order valence-corrected chi connectivity index (χ2v) is 4.48. The second kappa shape index (κ2) is 11.3. The summed E-state index contributed by atoms with van der Waals surface area (Å²) in [6, 6.07) is 0.